The topological polar surface area (TPSA) is 91.7 Å². The zero-order chi connectivity index (χ0) is 14.8. The van der Waals surface area contributed by atoms with Gasteiger partial charge in [0.2, 0.25) is 5.95 Å². The second kappa shape index (κ2) is 5.12. The average molecular weight is 284 g/mol. The minimum absolute atomic E-state index is 0.195. The number of carbonyl (C=O) groups excluding carboxylic acids is 1. The van der Waals surface area contributed by atoms with Gasteiger partial charge in [0, 0.05) is 17.8 Å². The molecule has 0 radical (unpaired) electrons. The number of ether oxygens (including phenoxy) is 2. The molecule has 0 unspecified atom stereocenters. The van der Waals surface area contributed by atoms with Crippen LogP contribution in [0.1, 0.15) is 10.4 Å². The van der Waals surface area contributed by atoms with Crippen LogP contribution in [-0.4, -0.2) is 28.0 Å². The first-order valence-corrected chi connectivity index (χ1v) is 6.12. The molecule has 0 bridgehead atoms. The van der Waals surface area contributed by atoms with Gasteiger partial charge in [0.15, 0.2) is 17.1 Å². The predicted molar refractivity (Wildman–Crippen MR) is 75.9 cm³/mol. The second-order valence-electron chi connectivity index (χ2n) is 4.27. The summed E-state index contributed by atoms with van der Waals surface area (Å²) in [7, 11) is 1.51. The molecule has 0 saturated heterocycles. The standard InChI is InChI=1S/C14H12N4O3/c1-20-12-6-9(8-19)2-3-11(12)21-10-4-5-18-13(7-10)16-14(15)17-18/h2-8H,1H3,(H2,15,17). The molecule has 2 N–H and O–H groups in total. The van der Waals surface area contributed by atoms with Crippen LogP contribution in [-0.2, 0) is 0 Å². The van der Waals surface area contributed by atoms with Gasteiger partial charge in [-0.2, -0.15) is 4.98 Å². The van der Waals surface area contributed by atoms with Gasteiger partial charge >= 0.3 is 0 Å². The van der Waals surface area contributed by atoms with E-state index in [-0.39, 0.29) is 5.95 Å². The number of nitrogens with zero attached hydrogens (tertiary/aromatic N) is 3. The molecule has 7 nitrogen and oxygen atoms in total. The van der Waals surface area contributed by atoms with Crippen molar-refractivity contribution in [3.05, 3.63) is 42.1 Å². The number of methoxy groups -OCH3 is 1. The lowest BCUT2D eigenvalue weighted by Gasteiger charge is -2.10. The van der Waals surface area contributed by atoms with E-state index in [9.17, 15) is 4.79 Å². The van der Waals surface area contributed by atoms with Gasteiger partial charge in [0.1, 0.15) is 12.0 Å². The number of benzene rings is 1. The van der Waals surface area contributed by atoms with E-state index >= 15 is 0 Å². The van der Waals surface area contributed by atoms with Crippen molar-refractivity contribution in [1.29, 1.82) is 0 Å². The van der Waals surface area contributed by atoms with Crippen LogP contribution in [0, 0.1) is 0 Å². The first-order chi connectivity index (χ1) is 10.2. The minimum Gasteiger partial charge on any atom is -0.493 e. The number of aldehydes is 1. The normalized spacial score (nSPS) is 10.5. The van der Waals surface area contributed by atoms with Crippen LogP contribution in [0.4, 0.5) is 5.95 Å². The fourth-order valence-electron chi connectivity index (χ4n) is 1.91. The van der Waals surface area contributed by atoms with Crippen molar-refractivity contribution in [2.24, 2.45) is 0 Å². The lowest BCUT2D eigenvalue weighted by Crippen LogP contribution is -1.93. The maximum atomic E-state index is 10.8. The molecule has 1 aromatic carbocycles. The molecule has 0 saturated carbocycles. The van der Waals surface area contributed by atoms with Crippen molar-refractivity contribution in [2.75, 3.05) is 12.8 Å². The monoisotopic (exact) mass is 284 g/mol. The van der Waals surface area contributed by atoms with Crippen molar-refractivity contribution in [2.45, 2.75) is 0 Å². The van der Waals surface area contributed by atoms with Crippen LogP contribution in [0.5, 0.6) is 17.2 Å². The van der Waals surface area contributed by atoms with Crippen LogP contribution in [0.3, 0.4) is 0 Å². The van der Waals surface area contributed by atoms with Gasteiger partial charge in [0.25, 0.3) is 0 Å². The molecule has 0 aliphatic carbocycles. The van der Waals surface area contributed by atoms with Crippen LogP contribution >= 0.6 is 0 Å². The van der Waals surface area contributed by atoms with E-state index in [0.717, 1.165) is 6.29 Å². The number of hydrogen-bond donors (Lipinski definition) is 1. The van der Waals surface area contributed by atoms with Crippen LogP contribution in [0.25, 0.3) is 5.65 Å². The molecule has 2 aromatic heterocycles. The SMILES string of the molecule is COc1cc(C=O)ccc1Oc1ccn2nc(N)nc2c1. The van der Waals surface area contributed by atoms with Crippen LogP contribution < -0.4 is 15.2 Å². The van der Waals surface area contributed by atoms with Gasteiger partial charge in [-0.05, 0) is 24.3 Å². The second-order valence-corrected chi connectivity index (χ2v) is 4.27. The molecule has 3 rings (SSSR count). The number of aromatic nitrogens is 3. The Kier molecular flexibility index (Phi) is 3.15. The molecule has 2 heterocycles. The number of rotatable bonds is 4. The third kappa shape index (κ3) is 2.48. The Morgan fingerprint density at radius 2 is 2.10 bits per heavy atom. The van der Waals surface area contributed by atoms with Gasteiger partial charge in [-0.15, -0.1) is 5.10 Å². The summed E-state index contributed by atoms with van der Waals surface area (Å²) >= 11 is 0. The lowest BCUT2D eigenvalue weighted by molar-refractivity contribution is 0.112. The van der Waals surface area contributed by atoms with E-state index in [4.69, 9.17) is 15.2 Å². The summed E-state index contributed by atoms with van der Waals surface area (Å²) in [6.07, 6.45) is 2.44. The molecule has 0 aliphatic rings. The van der Waals surface area contributed by atoms with E-state index < -0.39 is 0 Å². The summed E-state index contributed by atoms with van der Waals surface area (Å²) in [4.78, 5) is 14.8. The minimum atomic E-state index is 0.195. The Balaban J connectivity index is 1.95. The van der Waals surface area contributed by atoms with Crippen LogP contribution in [0.15, 0.2) is 36.5 Å². The third-order valence-corrected chi connectivity index (χ3v) is 2.88. The predicted octanol–water partition coefficient (Wildman–Crippen LogP) is 1.92. The highest BCUT2D eigenvalue weighted by atomic mass is 16.5. The van der Waals surface area contributed by atoms with Crippen LogP contribution in [0.2, 0.25) is 0 Å². The Hall–Kier alpha value is -3.09. The van der Waals surface area contributed by atoms with Gasteiger partial charge in [-0.1, -0.05) is 0 Å². The number of pyridine rings is 1. The zero-order valence-electron chi connectivity index (χ0n) is 11.2. The molecule has 3 aromatic rings. The number of nitrogen functional groups attached to an aromatic ring is 1. The molecule has 0 aliphatic heterocycles. The average Bonchev–Trinajstić information content (AvgIpc) is 2.87. The number of carbonyl (C=O) groups is 1. The van der Waals surface area contributed by atoms with Crippen molar-refractivity contribution < 1.29 is 14.3 Å². The third-order valence-electron chi connectivity index (χ3n) is 2.88. The quantitative estimate of drug-likeness (QED) is 0.736. The van der Waals surface area contributed by atoms with Gasteiger partial charge in [-0.3, -0.25) is 4.79 Å². The number of anilines is 1. The summed E-state index contributed by atoms with van der Waals surface area (Å²) in [6.45, 7) is 0. The van der Waals surface area contributed by atoms with E-state index in [2.05, 4.69) is 10.1 Å². The molecule has 0 atom stereocenters. The van der Waals surface area contributed by atoms with E-state index in [0.29, 0.717) is 28.5 Å². The molecule has 7 heteroatoms. The molecule has 106 valence electrons. The lowest BCUT2D eigenvalue weighted by atomic mass is 10.2. The molecule has 0 spiro atoms. The summed E-state index contributed by atoms with van der Waals surface area (Å²) in [5.74, 6) is 1.73. The first kappa shape index (κ1) is 12.9. The molecular formula is C14H12N4O3. The Labute approximate surface area is 119 Å². The van der Waals surface area contributed by atoms with Crippen molar-refractivity contribution in [3.8, 4) is 17.2 Å². The van der Waals surface area contributed by atoms with Crippen molar-refractivity contribution in [3.63, 3.8) is 0 Å². The Morgan fingerprint density at radius 1 is 1.24 bits per heavy atom. The number of hydrogen-bond acceptors (Lipinski definition) is 6. The zero-order valence-corrected chi connectivity index (χ0v) is 11.2. The van der Waals surface area contributed by atoms with Gasteiger partial charge in [0.05, 0.1) is 7.11 Å². The molecule has 0 amide bonds. The molecule has 0 fully saturated rings. The fourth-order valence-corrected chi connectivity index (χ4v) is 1.91. The highest BCUT2D eigenvalue weighted by Crippen LogP contribution is 2.32. The van der Waals surface area contributed by atoms with Crippen molar-refractivity contribution in [1.82, 2.24) is 14.6 Å². The van der Waals surface area contributed by atoms with Crippen molar-refractivity contribution >= 4 is 17.9 Å². The maximum Gasteiger partial charge on any atom is 0.240 e. The van der Waals surface area contributed by atoms with Gasteiger partial charge in [-0.25, -0.2) is 4.52 Å². The van der Waals surface area contributed by atoms with E-state index in [1.54, 1.807) is 41.0 Å². The molecular weight excluding hydrogens is 272 g/mol. The highest BCUT2D eigenvalue weighted by molar-refractivity contribution is 5.76. The summed E-state index contributed by atoms with van der Waals surface area (Å²) in [6, 6.07) is 8.37. The maximum absolute atomic E-state index is 10.8. The summed E-state index contributed by atoms with van der Waals surface area (Å²) in [5, 5.41) is 3.98. The first-order valence-electron chi connectivity index (χ1n) is 6.12. The largest absolute Gasteiger partial charge is 0.493 e. The Bertz CT molecular complexity index is 813. The van der Waals surface area contributed by atoms with Gasteiger partial charge < -0.3 is 15.2 Å². The van der Waals surface area contributed by atoms with E-state index in [1.165, 1.54) is 7.11 Å². The molecule has 21 heavy (non-hydrogen) atoms. The Morgan fingerprint density at radius 3 is 2.86 bits per heavy atom. The van der Waals surface area contributed by atoms with E-state index in [1.807, 2.05) is 0 Å². The summed E-state index contributed by atoms with van der Waals surface area (Å²) < 4.78 is 12.5. The number of fused-ring (bicyclic) bond motifs is 1. The highest BCUT2D eigenvalue weighted by Gasteiger charge is 2.08. The smallest absolute Gasteiger partial charge is 0.240 e. The fraction of sp³-hybridized carbons (Fsp3) is 0.0714. The number of nitrogens with two attached hydrogens (primary N) is 1. The summed E-state index contributed by atoms with van der Waals surface area (Å²) in [5.41, 5.74) is 6.62.